The quantitative estimate of drug-likeness (QED) is 0.789. The van der Waals surface area contributed by atoms with Gasteiger partial charge in [0.05, 0.1) is 0 Å². The molecule has 1 aliphatic rings. The van der Waals surface area contributed by atoms with Gasteiger partial charge < -0.3 is 11.1 Å². The number of rotatable bonds is 7. The normalized spacial score (nSPS) is 16.1. The van der Waals surface area contributed by atoms with Crippen LogP contribution in [0.2, 0.25) is 0 Å². The van der Waals surface area contributed by atoms with Crippen LogP contribution in [0.15, 0.2) is 24.3 Å². The minimum Gasteiger partial charge on any atom is -0.355 e. The minimum absolute atomic E-state index is 0.160. The molecule has 1 aromatic rings. The molecule has 0 saturated heterocycles. The van der Waals surface area contributed by atoms with E-state index in [1.165, 1.54) is 11.1 Å². The third-order valence-corrected chi connectivity index (χ3v) is 4.00. The lowest BCUT2D eigenvalue weighted by molar-refractivity contribution is -0.121. The molecular weight excluding hydrogens is 236 g/mol. The van der Waals surface area contributed by atoms with E-state index >= 15 is 0 Å². The molecule has 1 aliphatic carbocycles. The Morgan fingerprint density at radius 3 is 2.84 bits per heavy atom. The predicted octanol–water partition coefficient (Wildman–Crippen LogP) is 2.17. The fourth-order valence-corrected chi connectivity index (χ4v) is 2.33. The molecule has 104 valence electrons. The molecule has 1 fully saturated rings. The maximum Gasteiger partial charge on any atom is 0.220 e. The van der Waals surface area contributed by atoms with Gasteiger partial charge in [0.1, 0.15) is 0 Å². The molecule has 3 N–H and O–H groups in total. The van der Waals surface area contributed by atoms with E-state index in [1.807, 2.05) is 0 Å². The highest BCUT2D eigenvalue weighted by Crippen LogP contribution is 2.43. The molecule has 0 radical (unpaired) electrons. The summed E-state index contributed by atoms with van der Waals surface area (Å²) in [4.78, 5) is 11.7. The molecule has 0 spiro atoms. The van der Waals surface area contributed by atoms with Crippen molar-refractivity contribution in [3.8, 4) is 0 Å². The summed E-state index contributed by atoms with van der Waals surface area (Å²) < 4.78 is 0. The molecule has 0 bridgehead atoms. The Kier molecular flexibility index (Phi) is 4.59. The molecule has 3 heteroatoms. The van der Waals surface area contributed by atoms with Crippen molar-refractivity contribution in [3.05, 3.63) is 35.4 Å². The van der Waals surface area contributed by atoms with Crippen molar-refractivity contribution < 1.29 is 4.79 Å². The number of amides is 1. The van der Waals surface area contributed by atoms with Gasteiger partial charge in [-0.05, 0) is 50.1 Å². The zero-order valence-electron chi connectivity index (χ0n) is 11.7. The van der Waals surface area contributed by atoms with E-state index in [1.54, 1.807) is 0 Å². The van der Waals surface area contributed by atoms with Crippen molar-refractivity contribution in [2.45, 2.75) is 39.0 Å². The van der Waals surface area contributed by atoms with Gasteiger partial charge in [-0.15, -0.1) is 0 Å². The number of carbonyl (C=O) groups excluding carboxylic acids is 1. The maximum absolute atomic E-state index is 11.7. The van der Waals surface area contributed by atoms with Gasteiger partial charge in [-0.2, -0.15) is 0 Å². The third-order valence-electron chi connectivity index (χ3n) is 4.00. The smallest absolute Gasteiger partial charge is 0.220 e. The zero-order chi connectivity index (χ0) is 13.7. The number of nitrogens with one attached hydrogen (secondary N) is 1. The molecule has 1 aromatic carbocycles. The second-order valence-electron chi connectivity index (χ2n) is 5.82. The maximum atomic E-state index is 11.7. The first-order chi connectivity index (χ1) is 9.13. The Balaban J connectivity index is 1.64. The van der Waals surface area contributed by atoms with Crippen molar-refractivity contribution in [1.82, 2.24) is 5.32 Å². The van der Waals surface area contributed by atoms with E-state index in [-0.39, 0.29) is 11.3 Å². The van der Waals surface area contributed by atoms with Crippen molar-refractivity contribution in [1.29, 1.82) is 0 Å². The van der Waals surface area contributed by atoms with Gasteiger partial charge in [0.2, 0.25) is 5.91 Å². The lowest BCUT2D eigenvalue weighted by Crippen LogP contribution is -2.33. The zero-order valence-corrected chi connectivity index (χ0v) is 11.7. The van der Waals surface area contributed by atoms with Gasteiger partial charge in [0, 0.05) is 13.0 Å². The summed E-state index contributed by atoms with van der Waals surface area (Å²) in [5.41, 5.74) is 8.51. The second kappa shape index (κ2) is 6.20. The van der Waals surface area contributed by atoms with Gasteiger partial charge >= 0.3 is 0 Å². The molecule has 0 heterocycles. The molecule has 2 rings (SSSR count). The van der Waals surface area contributed by atoms with Crippen LogP contribution in [0, 0.1) is 12.3 Å². The number of hydrogen-bond donors (Lipinski definition) is 2. The third kappa shape index (κ3) is 4.35. The Morgan fingerprint density at radius 1 is 1.42 bits per heavy atom. The average Bonchev–Trinajstić information content (AvgIpc) is 3.17. The summed E-state index contributed by atoms with van der Waals surface area (Å²) in [6, 6.07) is 8.48. The summed E-state index contributed by atoms with van der Waals surface area (Å²) in [5, 5.41) is 3.02. The number of aryl methyl sites for hydroxylation is 2. The second-order valence-corrected chi connectivity index (χ2v) is 5.82. The number of benzene rings is 1. The highest BCUT2D eigenvalue weighted by Gasteiger charge is 2.41. The molecule has 0 aliphatic heterocycles. The number of nitrogens with two attached hydrogens (primary N) is 1. The van der Waals surface area contributed by atoms with E-state index < -0.39 is 0 Å². The lowest BCUT2D eigenvalue weighted by Gasteiger charge is -2.13. The summed E-state index contributed by atoms with van der Waals surface area (Å²) in [5.74, 6) is 0.160. The molecular formula is C16H24N2O. The lowest BCUT2D eigenvalue weighted by atomic mass is 10.1. The van der Waals surface area contributed by atoms with Crippen LogP contribution in [-0.2, 0) is 11.2 Å². The number of carbonyl (C=O) groups is 1. The van der Waals surface area contributed by atoms with E-state index in [0.29, 0.717) is 13.0 Å². The van der Waals surface area contributed by atoms with Crippen molar-refractivity contribution in [2.24, 2.45) is 11.1 Å². The summed E-state index contributed by atoms with van der Waals surface area (Å²) in [6.07, 6.45) is 4.80. The monoisotopic (exact) mass is 260 g/mol. The van der Waals surface area contributed by atoms with E-state index in [0.717, 1.165) is 32.2 Å². The Morgan fingerprint density at radius 2 is 2.21 bits per heavy atom. The van der Waals surface area contributed by atoms with E-state index in [9.17, 15) is 4.79 Å². The largest absolute Gasteiger partial charge is 0.355 e. The van der Waals surface area contributed by atoms with Gasteiger partial charge in [-0.3, -0.25) is 4.79 Å². The average molecular weight is 260 g/mol. The van der Waals surface area contributed by atoms with Crippen LogP contribution < -0.4 is 11.1 Å². The van der Waals surface area contributed by atoms with Crippen molar-refractivity contribution in [2.75, 3.05) is 13.1 Å². The number of hydrogen-bond acceptors (Lipinski definition) is 2. The first-order valence-electron chi connectivity index (χ1n) is 7.16. The highest BCUT2D eigenvalue weighted by molar-refractivity contribution is 5.75. The summed E-state index contributed by atoms with van der Waals surface area (Å²) >= 11 is 0. The molecule has 19 heavy (non-hydrogen) atoms. The predicted molar refractivity (Wildman–Crippen MR) is 77.8 cm³/mol. The van der Waals surface area contributed by atoms with Gasteiger partial charge in [0.15, 0.2) is 0 Å². The van der Waals surface area contributed by atoms with Gasteiger partial charge in [0.25, 0.3) is 0 Å². The first-order valence-corrected chi connectivity index (χ1v) is 7.16. The Labute approximate surface area is 115 Å². The van der Waals surface area contributed by atoms with Crippen LogP contribution in [0.4, 0.5) is 0 Å². The summed E-state index contributed by atoms with van der Waals surface area (Å²) in [6.45, 7) is 3.54. The van der Waals surface area contributed by atoms with Crippen LogP contribution in [0.25, 0.3) is 0 Å². The first kappa shape index (κ1) is 14.1. The van der Waals surface area contributed by atoms with Gasteiger partial charge in [-0.1, -0.05) is 29.8 Å². The standard InChI is InChI=1S/C16H24N2O/c1-13-4-2-5-14(10-13)6-3-7-15(19)18-12-16(11-17)8-9-16/h2,4-5,10H,3,6-9,11-12,17H2,1H3,(H,18,19). The van der Waals surface area contributed by atoms with Crippen molar-refractivity contribution >= 4 is 5.91 Å². The molecule has 3 nitrogen and oxygen atoms in total. The van der Waals surface area contributed by atoms with Crippen LogP contribution >= 0.6 is 0 Å². The van der Waals surface area contributed by atoms with Gasteiger partial charge in [-0.25, -0.2) is 0 Å². The topological polar surface area (TPSA) is 55.1 Å². The Bertz CT molecular complexity index is 438. The molecule has 1 saturated carbocycles. The van der Waals surface area contributed by atoms with Crippen LogP contribution in [0.3, 0.4) is 0 Å². The fourth-order valence-electron chi connectivity index (χ4n) is 2.33. The van der Waals surface area contributed by atoms with Crippen molar-refractivity contribution in [3.63, 3.8) is 0 Å². The molecule has 0 atom stereocenters. The van der Waals surface area contributed by atoms with Crippen LogP contribution in [0.5, 0.6) is 0 Å². The Hall–Kier alpha value is -1.35. The van der Waals surface area contributed by atoms with Crippen LogP contribution in [0.1, 0.15) is 36.8 Å². The minimum atomic E-state index is 0.160. The van der Waals surface area contributed by atoms with E-state index in [4.69, 9.17) is 5.73 Å². The molecule has 1 amide bonds. The molecule has 0 aromatic heterocycles. The summed E-state index contributed by atoms with van der Waals surface area (Å²) in [7, 11) is 0. The SMILES string of the molecule is Cc1cccc(CCCC(=O)NCC2(CN)CC2)c1. The van der Waals surface area contributed by atoms with E-state index in [2.05, 4.69) is 36.5 Å². The molecule has 0 unspecified atom stereocenters. The highest BCUT2D eigenvalue weighted by atomic mass is 16.1. The fraction of sp³-hybridized carbons (Fsp3) is 0.562. The van der Waals surface area contributed by atoms with Crippen LogP contribution in [-0.4, -0.2) is 19.0 Å².